The zero-order valence-corrected chi connectivity index (χ0v) is 15.3. The fraction of sp³-hybridized carbons (Fsp3) is 0.333. The number of benzene rings is 2. The maximum absolute atomic E-state index is 12.6. The summed E-state index contributed by atoms with van der Waals surface area (Å²) in [4.78, 5) is 26.5. The monoisotopic (exact) mass is 354 g/mol. The number of para-hydroxylation sites is 1. The predicted octanol–water partition coefficient (Wildman–Crippen LogP) is 3.16. The summed E-state index contributed by atoms with van der Waals surface area (Å²) in [5.74, 6) is -1.06. The summed E-state index contributed by atoms with van der Waals surface area (Å²) >= 11 is 0. The van der Waals surface area contributed by atoms with E-state index in [1.165, 1.54) is 4.90 Å². The second-order valence-electron chi connectivity index (χ2n) is 6.29. The minimum absolute atomic E-state index is 0.105. The van der Waals surface area contributed by atoms with Gasteiger partial charge in [-0.1, -0.05) is 62.4 Å². The van der Waals surface area contributed by atoms with Crippen molar-refractivity contribution in [2.75, 3.05) is 18.5 Å². The predicted molar refractivity (Wildman–Crippen MR) is 103 cm³/mol. The van der Waals surface area contributed by atoms with E-state index >= 15 is 0 Å². The van der Waals surface area contributed by atoms with Crippen molar-refractivity contribution < 1.29 is 14.7 Å². The van der Waals surface area contributed by atoms with Crippen LogP contribution in [-0.2, 0) is 16.1 Å². The summed E-state index contributed by atoms with van der Waals surface area (Å²) in [7, 11) is 0. The standard InChI is InChI=1S/C21H26N2O3/c1-3-16(2)18-11-7-8-12-19(18)22-20(25)21(26)23(13-14-24)15-17-9-5-4-6-10-17/h4-12,16,24H,3,13-15H2,1-2H3,(H,22,25). The maximum Gasteiger partial charge on any atom is 0.313 e. The molecule has 2 rings (SSSR count). The molecule has 0 spiro atoms. The van der Waals surface area contributed by atoms with Gasteiger partial charge >= 0.3 is 11.8 Å². The molecule has 5 heteroatoms. The third kappa shape index (κ3) is 5.17. The Kier molecular flexibility index (Phi) is 7.36. The van der Waals surface area contributed by atoms with Crippen LogP contribution < -0.4 is 5.32 Å². The van der Waals surface area contributed by atoms with Crippen LogP contribution in [0.1, 0.15) is 37.3 Å². The number of rotatable bonds is 7. The molecule has 0 aliphatic rings. The highest BCUT2D eigenvalue weighted by Crippen LogP contribution is 2.26. The highest BCUT2D eigenvalue weighted by Gasteiger charge is 2.23. The van der Waals surface area contributed by atoms with E-state index < -0.39 is 11.8 Å². The highest BCUT2D eigenvalue weighted by atomic mass is 16.3. The van der Waals surface area contributed by atoms with Gasteiger partial charge in [0, 0.05) is 18.8 Å². The number of carbonyl (C=O) groups is 2. The zero-order valence-electron chi connectivity index (χ0n) is 15.3. The quantitative estimate of drug-likeness (QED) is 0.751. The van der Waals surface area contributed by atoms with Gasteiger partial charge < -0.3 is 15.3 Å². The first-order valence-corrected chi connectivity index (χ1v) is 8.90. The zero-order chi connectivity index (χ0) is 18.9. The molecule has 0 bridgehead atoms. The van der Waals surface area contributed by atoms with Gasteiger partial charge in [-0.25, -0.2) is 0 Å². The van der Waals surface area contributed by atoms with Gasteiger partial charge in [0.25, 0.3) is 0 Å². The molecule has 0 fully saturated rings. The van der Waals surface area contributed by atoms with Crippen molar-refractivity contribution in [3.8, 4) is 0 Å². The molecule has 138 valence electrons. The van der Waals surface area contributed by atoms with Crippen LogP contribution in [-0.4, -0.2) is 35.0 Å². The number of hydrogen-bond acceptors (Lipinski definition) is 3. The summed E-state index contributed by atoms with van der Waals surface area (Å²) in [6, 6.07) is 16.9. The van der Waals surface area contributed by atoms with Crippen molar-refractivity contribution in [2.24, 2.45) is 0 Å². The molecule has 0 aliphatic carbocycles. The van der Waals surface area contributed by atoms with Gasteiger partial charge in [0.15, 0.2) is 0 Å². The van der Waals surface area contributed by atoms with Gasteiger partial charge in [-0.2, -0.15) is 0 Å². The van der Waals surface area contributed by atoms with E-state index in [-0.39, 0.29) is 25.6 Å². The molecule has 0 heterocycles. The first kappa shape index (κ1) is 19.7. The number of nitrogens with one attached hydrogen (secondary N) is 1. The van der Waals surface area contributed by atoms with Crippen LogP contribution in [0, 0.1) is 0 Å². The van der Waals surface area contributed by atoms with Gasteiger partial charge in [-0.15, -0.1) is 0 Å². The smallest absolute Gasteiger partial charge is 0.313 e. The van der Waals surface area contributed by atoms with Crippen LogP contribution in [0.15, 0.2) is 54.6 Å². The Morgan fingerprint density at radius 1 is 1.08 bits per heavy atom. The largest absolute Gasteiger partial charge is 0.395 e. The third-order valence-electron chi connectivity index (χ3n) is 4.42. The normalized spacial score (nSPS) is 11.7. The molecule has 0 aliphatic heterocycles. The molecule has 0 radical (unpaired) electrons. The number of carbonyl (C=O) groups excluding carboxylic acids is 2. The SMILES string of the molecule is CCC(C)c1ccccc1NC(=O)C(=O)N(CCO)Cc1ccccc1. The summed E-state index contributed by atoms with van der Waals surface area (Å²) in [6.07, 6.45) is 0.936. The van der Waals surface area contributed by atoms with Crippen molar-refractivity contribution >= 4 is 17.5 Å². The van der Waals surface area contributed by atoms with E-state index in [2.05, 4.69) is 19.2 Å². The average molecular weight is 354 g/mol. The number of hydrogen-bond donors (Lipinski definition) is 2. The van der Waals surface area contributed by atoms with E-state index in [4.69, 9.17) is 0 Å². The Balaban J connectivity index is 2.13. The highest BCUT2D eigenvalue weighted by molar-refractivity contribution is 6.39. The molecule has 26 heavy (non-hydrogen) atoms. The second kappa shape index (κ2) is 9.73. The summed E-state index contributed by atoms with van der Waals surface area (Å²) in [6.45, 7) is 4.35. The van der Waals surface area contributed by atoms with Crippen molar-refractivity contribution in [2.45, 2.75) is 32.7 Å². The number of aliphatic hydroxyl groups excluding tert-OH is 1. The molecule has 0 aromatic heterocycles. The first-order valence-electron chi connectivity index (χ1n) is 8.90. The third-order valence-corrected chi connectivity index (χ3v) is 4.42. The lowest BCUT2D eigenvalue weighted by molar-refractivity contribution is -0.143. The number of amides is 2. The van der Waals surface area contributed by atoms with Gasteiger partial charge in [0.2, 0.25) is 0 Å². The molecule has 2 amide bonds. The van der Waals surface area contributed by atoms with E-state index in [0.717, 1.165) is 17.5 Å². The summed E-state index contributed by atoms with van der Waals surface area (Å²) in [5.41, 5.74) is 2.57. The number of anilines is 1. The molecule has 5 nitrogen and oxygen atoms in total. The van der Waals surface area contributed by atoms with Crippen molar-refractivity contribution in [3.05, 3.63) is 65.7 Å². The molecule has 0 saturated heterocycles. The van der Waals surface area contributed by atoms with E-state index in [1.807, 2.05) is 48.5 Å². The van der Waals surface area contributed by atoms with Crippen LogP contribution in [0.4, 0.5) is 5.69 Å². The van der Waals surface area contributed by atoms with Crippen molar-refractivity contribution in [3.63, 3.8) is 0 Å². The lowest BCUT2D eigenvalue weighted by Crippen LogP contribution is -2.41. The maximum atomic E-state index is 12.6. The van der Waals surface area contributed by atoms with Gasteiger partial charge in [0.1, 0.15) is 0 Å². The molecule has 0 saturated carbocycles. The molecule has 2 N–H and O–H groups in total. The van der Waals surface area contributed by atoms with Crippen LogP contribution in [0.5, 0.6) is 0 Å². The first-order chi connectivity index (χ1) is 12.6. The fourth-order valence-corrected chi connectivity index (χ4v) is 2.76. The molecular formula is C21H26N2O3. The second-order valence-corrected chi connectivity index (χ2v) is 6.29. The Bertz CT molecular complexity index is 731. The molecular weight excluding hydrogens is 328 g/mol. The van der Waals surface area contributed by atoms with Gasteiger partial charge in [-0.05, 0) is 29.5 Å². The summed E-state index contributed by atoms with van der Waals surface area (Å²) < 4.78 is 0. The molecule has 2 aromatic carbocycles. The van der Waals surface area contributed by atoms with Gasteiger partial charge in [-0.3, -0.25) is 9.59 Å². The van der Waals surface area contributed by atoms with Crippen LogP contribution >= 0.6 is 0 Å². The Hall–Kier alpha value is -2.66. The van der Waals surface area contributed by atoms with Gasteiger partial charge in [0.05, 0.1) is 6.61 Å². The lowest BCUT2D eigenvalue weighted by atomic mass is 9.97. The Morgan fingerprint density at radius 2 is 1.73 bits per heavy atom. The fourth-order valence-electron chi connectivity index (χ4n) is 2.76. The van der Waals surface area contributed by atoms with Crippen LogP contribution in [0.25, 0.3) is 0 Å². The summed E-state index contributed by atoms with van der Waals surface area (Å²) in [5, 5.41) is 12.0. The van der Waals surface area contributed by atoms with E-state index in [1.54, 1.807) is 6.07 Å². The number of nitrogens with zero attached hydrogens (tertiary/aromatic N) is 1. The molecule has 2 aromatic rings. The van der Waals surface area contributed by atoms with Crippen LogP contribution in [0.3, 0.4) is 0 Å². The Morgan fingerprint density at radius 3 is 2.38 bits per heavy atom. The average Bonchev–Trinajstić information content (AvgIpc) is 2.67. The van der Waals surface area contributed by atoms with Crippen molar-refractivity contribution in [1.29, 1.82) is 0 Å². The lowest BCUT2D eigenvalue weighted by Gasteiger charge is -2.22. The van der Waals surface area contributed by atoms with E-state index in [9.17, 15) is 14.7 Å². The number of aliphatic hydroxyl groups is 1. The van der Waals surface area contributed by atoms with Crippen molar-refractivity contribution in [1.82, 2.24) is 4.90 Å². The van der Waals surface area contributed by atoms with Crippen LogP contribution in [0.2, 0.25) is 0 Å². The molecule has 1 atom stereocenters. The topological polar surface area (TPSA) is 69.6 Å². The minimum atomic E-state index is -0.690. The van der Waals surface area contributed by atoms with E-state index in [0.29, 0.717) is 5.69 Å². The Labute approximate surface area is 154 Å². The molecule has 1 unspecified atom stereocenters. The minimum Gasteiger partial charge on any atom is -0.395 e.